The van der Waals surface area contributed by atoms with Crippen LogP contribution in [-0.4, -0.2) is 36.3 Å². The molecule has 0 saturated heterocycles. The summed E-state index contributed by atoms with van der Waals surface area (Å²) in [5, 5.41) is 0. The summed E-state index contributed by atoms with van der Waals surface area (Å²) in [5.74, 6) is 2.46. The first kappa shape index (κ1) is 15.9. The molecule has 1 N–H and O–H groups in total. The number of aromatic amines is 1. The van der Waals surface area contributed by atoms with Gasteiger partial charge in [-0.3, -0.25) is 4.98 Å². The van der Waals surface area contributed by atoms with Gasteiger partial charge in [0.25, 0.3) is 0 Å². The molecule has 0 atom stereocenters. The van der Waals surface area contributed by atoms with E-state index in [2.05, 4.69) is 9.97 Å². The number of imidazole rings is 1. The van der Waals surface area contributed by atoms with Gasteiger partial charge in [0.1, 0.15) is 5.82 Å². The fourth-order valence-electron chi connectivity index (χ4n) is 2.60. The van der Waals surface area contributed by atoms with Gasteiger partial charge in [-0.1, -0.05) is 0 Å². The zero-order valence-corrected chi connectivity index (χ0v) is 14.1. The molecule has 1 aromatic carbocycles. The van der Waals surface area contributed by atoms with Gasteiger partial charge in [0.05, 0.1) is 27.0 Å². The van der Waals surface area contributed by atoms with Crippen molar-refractivity contribution in [3.05, 3.63) is 42.4 Å². The van der Waals surface area contributed by atoms with E-state index >= 15 is 0 Å². The lowest BCUT2D eigenvalue weighted by molar-refractivity contribution is 0.324. The van der Waals surface area contributed by atoms with Crippen LogP contribution in [0.25, 0.3) is 22.6 Å². The van der Waals surface area contributed by atoms with E-state index in [-0.39, 0.29) is 0 Å². The van der Waals surface area contributed by atoms with Crippen molar-refractivity contribution in [3.8, 4) is 39.9 Å². The highest BCUT2D eigenvalue weighted by molar-refractivity contribution is 5.70. The zero-order valence-electron chi connectivity index (χ0n) is 14.1. The van der Waals surface area contributed by atoms with E-state index in [9.17, 15) is 0 Å². The molecule has 0 amide bonds. The van der Waals surface area contributed by atoms with E-state index in [0.717, 1.165) is 28.3 Å². The Balaban J connectivity index is 2.10. The Morgan fingerprint density at radius 2 is 1.67 bits per heavy atom. The first-order chi connectivity index (χ1) is 11.7. The maximum absolute atomic E-state index is 5.41. The average molecular weight is 325 g/mol. The maximum Gasteiger partial charge on any atom is 0.203 e. The Morgan fingerprint density at radius 3 is 2.21 bits per heavy atom. The summed E-state index contributed by atoms with van der Waals surface area (Å²) in [6.45, 7) is 1.98. The van der Waals surface area contributed by atoms with Crippen LogP contribution in [0.4, 0.5) is 0 Å². The van der Waals surface area contributed by atoms with Crippen molar-refractivity contribution in [2.75, 3.05) is 21.3 Å². The summed E-state index contributed by atoms with van der Waals surface area (Å²) in [7, 11) is 4.77. The van der Waals surface area contributed by atoms with Crippen molar-refractivity contribution in [1.29, 1.82) is 0 Å². The lowest BCUT2D eigenvalue weighted by atomic mass is 10.1. The summed E-state index contributed by atoms with van der Waals surface area (Å²) in [6.07, 6.45) is 3.54. The number of hydrogen-bond acceptors (Lipinski definition) is 5. The lowest BCUT2D eigenvalue weighted by Crippen LogP contribution is -1.96. The van der Waals surface area contributed by atoms with Crippen molar-refractivity contribution in [1.82, 2.24) is 15.0 Å². The molecule has 0 radical (unpaired) electrons. The first-order valence-electron chi connectivity index (χ1n) is 7.45. The van der Waals surface area contributed by atoms with Gasteiger partial charge in [-0.05, 0) is 31.2 Å². The molecular formula is C18H19N3O3. The second-order valence-corrected chi connectivity index (χ2v) is 5.21. The summed E-state index contributed by atoms with van der Waals surface area (Å²) >= 11 is 0. The summed E-state index contributed by atoms with van der Waals surface area (Å²) in [4.78, 5) is 12.2. The average Bonchev–Trinajstić information content (AvgIpc) is 3.02. The standard InChI is InChI=1S/C18H19N3O3/c1-11-16(12-6-5-7-19-10-12)21-18(20-11)13-8-14(22-2)17(24-4)15(9-13)23-3/h5-10H,1-4H3,(H,20,21). The molecule has 3 rings (SSSR count). The number of aromatic nitrogens is 3. The highest BCUT2D eigenvalue weighted by Crippen LogP contribution is 2.41. The van der Waals surface area contributed by atoms with Gasteiger partial charge in [-0.15, -0.1) is 0 Å². The quantitative estimate of drug-likeness (QED) is 0.778. The Hall–Kier alpha value is -3.02. The first-order valence-corrected chi connectivity index (χ1v) is 7.45. The van der Waals surface area contributed by atoms with Crippen molar-refractivity contribution in [3.63, 3.8) is 0 Å². The smallest absolute Gasteiger partial charge is 0.203 e. The predicted molar refractivity (Wildman–Crippen MR) is 91.6 cm³/mol. The predicted octanol–water partition coefficient (Wildman–Crippen LogP) is 3.47. The van der Waals surface area contributed by atoms with Gasteiger partial charge in [0.2, 0.25) is 5.75 Å². The molecule has 124 valence electrons. The minimum atomic E-state index is 0.555. The maximum atomic E-state index is 5.41. The summed E-state index contributed by atoms with van der Waals surface area (Å²) in [5.41, 5.74) is 3.64. The van der Waals surface area contributed by atoms with Crippen LogP contribution in [0.2, 0.25) is 0 Å². The number of nitrogens with one attached hydrogen (secondary N) is 1. The van der Waals surface area contributed by atoms with Crippen molar-refractivity contribution >= 4 is 0 Å². The Labute approximate surface area is 140 Å². The Bertz CT molecular complexity index is 819. The summed E-state index contributed by atoms with van der Waals surface area (Å²) in [6, 6.07) is 7.61. The van der Waals surface area contributed by atoms with Crippen LogP contribution in [0.1, 0.15) is 5.69 Å². The Morgan fingerprint density at radius 1 is 0.958 bits per heavy atom. The number of pyridine rings is 1. The molecule has 0 aliphatic rings. The van der Waals surface area contributed by atoms with Gasteiger partial charge in [0, 0.05) is 29.2 Å². The number of hydrogen-bond donors (Lipinski definition) is 1. The van der Waals surface area contributed by atoms with E-state index in [1.165, 1.54) is 0 Å². The van der Waals surface area contributed by atoms with E-state index < -0.39 is 0 Å². The minimum absolute atomic E-state index is 0.555. The Kier molecular flexibility index (Phi) is 4.37. The SMILES string of the molecule is COc1cc(-c2nc(-c3cccnc3)c(C)[nH]2)cc(OC)c1OC. The van der Waals surface area contributed by atoms with E-state index in [1.54, 1.807) is 33.7 Å². The largest absolute Gasteiger partial charge is 0.493 e. The van der Waals surface area contributed by atoms with Gasteiger partial charge >= 0.3 is 0 Å². The third kappa shape index (κ3) is 2.78. The van der Waals surface area contributed by atoms with Crippen LogP contribution in [0.15, 0.2) is 36.7 Å². The molecule has 0 saturated carbocycles. The topological polar surface area (TPSA) is 69.3 Å². The molecule has 0 aliphatic heterocycles. The molecule has 3 aromatic rings. The van der Waals surface area contributed by atoms with Crippen LogP contribution in [-0.2, 0) is 0 Å². The van der Waals surface area contributed by atoms with Gasteiger partial charge in [-0.25, -0.2) is 4.98 Å². The molecule has 0 fully saturated rings. The van der Waals surface area contributed by atoms with Crippen LogP contribution < -0.4 is 14.2 Å². The second kappa shape index (κ2) is 6.62. The molecule has 2 heterocycles. The summed E-state index contributed by atoms with van der Waals surface area (Å²) < 4.78 is 16.2. The molecular weight excluding hydrogens is 306 g/mol. The number of nitrogens with zero attached hydrogens (tertiary/aromatic N) is 2. The molecule has 2 aromatic heterocycles. The highest BCUT2D eigenvalue weighted by atomic mass is 16.5. The minimum Gasteiger partial charge on any atom is -0.493 e. The van der Waals surface area contributed by atoms with Gasteiger partial charge in [0.15, 0.2) is 11.5 Å². The molecule has 6 heteroatoms. The van der Waals surface area contributed by atoms with E-state index in [4.69, 9.17) is 19.2 Å². The van der Waals surface area contributed by atoms with Crippen LogP contribution in [0.3, 0.4) is 0 Å². The van der Waals surface area contributed by atoms with Crippen molar-refractivity contribution in [2.24, 2.45) is 0 Å². The molecule has 0 bridgehead atoms. The van der Waals surface area contributed by atoms with Crippen LogP contribution >= 0.6 is 0 Å². The molecule has 0 aliphatic carbocycles. The fourth-order valence-corrected chi connectivity index (χ4v) is 2.60. The van der Waals surface area contributed by atoms with Gasteiger partial charge < -0.3 is 19.2 Å². The molecule has 0 unspecified atom stereocenters. The third-order valence-corrected chi connectivity index (χ3v) is 3.76. The van der Waals surface area contributed by atoms with Crippen molar-refractivity contribution < 1.29 is 14.2 Å². The lowest BCUT2D eigenvalue weighted by Gasteiger charge is -2.13. The van der Waals surface area contributed by atoms with E-state index in [0.29, 0.717) is 17.2 Å². The number of ether oxygens (including phenoxy) is 3. The number of methoxy groups -OCH3 is 3. The van der Waals surface area contributed by atoms with Crippen LogP contribution in [0.5, 0.6) is 17.2 Å². The van der Waals surface area contributed by atoms with Crippen LogP contribution in [0, 0.1) is 6.92 Å². The third-order valence-electron chi connectivity index (χ3n) is 3.76. The fraction of sp³-hybridized carbons (Fsp3) is 0.222. The molecule has 0 spiro atoms. The number of H-pyrrole nitrogens is 1. The molecule has 6 nitrogen and oxygen atoms in total. The van der Waals surface area contributed by atoms with Gasteiger partial charge in [-0.2, -0.15) is 0 Å². The van der Waals surface area contributed by atoms with E-state index in [1.807, 2.05) is 31.2 Å². The number of rotatable bonds is 5. The number of benzene rings is 1. The normalized spacial score (nSPS) is 10.5. The monoisotopic (exact) mass is 325 g/mol. The molecule has 24 heavy (non-hydrogen) atoms. The number of aryl methyl sites for hydroxylation is 1. The highest BCUT2D eigenvalue weighted by Gasteiger charge is 2.17. The second-order valence-electron chi connectivity index (χ2n) is 5.21. The van der Waals surface area contributed by atoms with Crippen molar-refractivity contribution in [2.45, 2.75) is 6.92 Å². The zero-order chi connectivity index (χ0) is 17.1.